The van der Waals surface area contributed by atoms with Crippen LogP contribution < -0.4 is 0 Å². The van der Waals surface area contributed by atoms with Gasteiger partial charge in [-0.05, 0) is 31.0 Å². The van der Waals surface area contributed by atoms with E-state index in [1.54, 1.807) is 6.07 Å². The van der Waals surface area contributed by atoms with Crippen LogP contribution in [-0.2, 0) is 0 Å². The Morgan fingerprint density at radius 1 is 1.30 bits per heavy atom. The molecule has 0 aromatic heterocycles. The number of halogens is 4. The van der Waals surface area contributed by atoms with Crippen molar-refractivity contribution in [3.05, 3.63) is 28.2 Å². The Morgan fingerprint density at radius 3 is 2.45 bits per heavy atom. The standard InChI is InChI=1S/C13H13BrF3NO2/c14-9-1-2-11(19)10(7-9)12(20)18-5-3-8(4-6-18)13(15,16)17/h1-2,7-8,19H,3-6H2. The monoisotopic (exact) mass is 351 g/mol. The lowest BCUT2D eigenvalue weighted by Gasteiger charge is -2.33. The fraction of sp³-hybridized carbons (Fsp3) is 0.462. The summed E-state index contributed by atoms with van der Waals surface area (Å²) in [6, 6.07) is 4.43. The number of phenolic OH excluding ortho intramolecular Hbond substituents is 1. The molecule has 1 aliphatic heterocycles. The lowest BCUT2D eigenvalue weighted by atomic mass is 9.96. The summed E-state index contributed by atoms with van der Waals surface area (Å²) in [5.74, 6) is -1.96. The minimum absolute atomic E-state index is 0.0506. The number of phenols is 1. The second kappa shape index (κ2) is 5.63. The fourth-order valence-electron chi connectivity index (χ4n) is 2.26. The van der Waals surface area contributed by atoms with Crippen LogP contribution >= 0.6 is 15.9 Å². The SMILES string of the molecule is O=C(c1cc(Br)ccc1O)N1CCC(C(F)(F)F)CC1. The third-order valence-corrected chi connectivity index (χ3v) is 3.93. The number of piperidine rings is 1. The number of aromatic hydroxyl groups is 1. The summed E-state index contributed by atoms with van der Waals surface area (Å²) in [6.45, 7) is 0.101. The lowest BCUT2D eigenvalue weighted by molar-refractivity contribution is -0.183. The minimum Gasteiger partial charge on any atom is -0.507 e. The maximum atomic E-state index is 12.6. The van der Waals surface area contributed by atoms with Gasteiger partial charge in [0.1, 0.15) is 5.75 Å². The molecule has 0 radical (unpaired) electrons. The van der Waals surface area contributed by atoms with Crippen molar-refractivity contribution in [2.75, 3.05) is 13.1 Å². The zero-order chi connectivity index (χ0) is 14.9. The Bertz CT molecular complexity index is 511. The molecule has 1 aromatic carbocycles. The molecule has 0 atom stereocenters. The van der Waals surface area contributed by atoms with Gasteiger partial charge in [-0.15, -0.1) is 0 Å². The second-order valence-electron chi connectivity index (χ2n) is 4.77. The van der Waals surface area contributed by atoms with Crippen molar-refractivity contribution in [2.45, 2.75) is 19.0 Å². The number of hydrogen-bond donors (Lipinski definition) is 1. The maximum absolute atomic E-state index is 12.6. The number of rotatable bonds is 1. The summed E-state index contributed by atoms with van der Waals surface area (Å²) in [6.07, 6.45) is -4.39. The summed E-state index contributed by atoms with van der Waals surface area (Å²) in [7, 11) is 0. The molecule has 1 saturated heterocycles. The van der Waals surface area contributed by atoms with Gasteiger partial charge >= 0.3 is 6.18 Å². The largest absolute Gasteiger partial charge is 0.507 e. The highest BCUT2D eigenvalue weighted by Gasteiger charge is 2.41. The van der Waals surface area contributed by atoms with Crippen LogP contribution in [0.15, 0.2) is 22.7 Å². The van der Waals surface area contributed by atoms with E-state index < -0.39 is 18.0 Å². The van der Waals surface area contributed by atoms with Crippen molar-refractivity contribution in [1.29, 1.82) is 0 Å². The van der Waals surface area contributed by atoms with Crippen LogP contribution in [0.4, 0.5) is 13.2 Å². The lowest BCUT2D eigenvalue weighted by Crippen LogP contribution is -2.42. The highest BCUT2D eigenvalue weighted by Crippen LogP contribution is 2.35. The molecule has 2 rings (SSSR count). The van der Waals surface area contributed by atoms with Crippen molar-refractivity contribution < 1.29 is 23.1 Å². The van der Waals surface area contributed by atoms with Gasteiger partial charge in [0.2, 0.25) is 0 Å². The van der Waals surface area contributed by atoms with Crippen LogP contribution in [-0.4, -0.2) is 35.2 Å². The molecule has 0 aliphatic carbocycles. The van der Waals surface area contributed by atoms with E-state index >= 15 is 0 Å². The first-order chi connectivity index (χ1) is 9.29. The number of alkyl halides is 3. The van der Waals surface area contributed by atoms with E-state index in [2.05, 4.69) is 15.9 Å². The van der Waals surface area contributed by atoms with Crippen molar-refractivity contribution >= 4 is 21.8 Å². The van der Waals surface area contributed by atoms with Gasteiger partial charge in [0.05, 0.1) is 11.5 Å². The first kappa shape index (κ1) is 15.2. The molecule has 7 heteroatoms. The molecule has 0 saturated carbocycles. The number of benzene rings is 1. The van der Waals surface area contributed by atoms with Crippen LogP contribution in [0.3, 0.4) is 0 Å². The average molecular weight is 352 g/mol. The van der Waals surface area contributed by atoms with Gasteiger partial charge in [-0.25, -0.2) is 0 Å². The first-order valence-electron chi connectivity index (χ1n) is 6.13. The summed E-state index contributed by atoms with van der Waals surface area (Å²) in [4.78, 5) is 13.5. The molecule has 1 aromatic rings. The third-order valence-electron chi connectivity index (χ3n) is 3.43. The smallest absolute Gasteiger partial charge is 0.391 e. The highest BCUT2D eigenvalue weighted by molar-refractivity contribution is 9.10. The van der Waals surface area contributed by atoms with Gasteiger partial charge in [-0.1, -0.05) is 15.9 Å². The van der Waals surface area contributed by atoms with Crippen LogP contribution in [0.25, 0.3) is 0 Å². The van der Waals surface area contributed by atoms with E-state index in [1.165, 1.54) is 17.0 Å². The zero-order valence-corrected chi connectivity index (χ0v) is 12.0. The third kappa shape index (κ3) is 3.26. The summed E-state index contributed by atoms with van der Waals surface area (Å²) in [5.41, 5.74) is 0.102. The van der Waals surface area contributed by atoms with Crippen LogP contribution in [0, 0.1) is 5.92 Å². The molecule has 0 bridgehead atoms. The molecular formula is C13H13BrF3NO2. The number of carbonyl (C=O) groups excluding carboxylic acids is 1. The molecule has 20 heavy (non-hydrogen) atoms. The van der Waals surface area contributed by atoms with E-state index in [9.17, 15) is 23.1 Å². The van der Waals surface area contributed by atoms with E-state index in [1.807, 2.05) is 0 Å². The molecule has 3 nitrogen and oxygen atoms in total. The van der Waals surface area contributed by atoms with Gasteiger partial charge in [-0.3, -0.25) is 4.79 Å². The topological polar surface area (TPSA) is 40.5 Å². The number of carbonyl (C=O) groups is 1. The summed E-state index contributed by atoms with van der Waals surface area (Å²) >= 11 is 3.19. The van der Waals surface area contributed by atoms with Crippen LogP contribution in [0.5, 0.6) is 5.75 Å². The van der Waals surface area contributed by atoms with E-state index in [0.717, 1.165) is 0 Å². The Labute approximate surface area is 122 Å². The molecule has 1 aliphatic rings. The Hall–Kier alpha value is -1.24. The Morgan fingerprint density at radius 2 is 1.90 bits per heavy atom. The molecule has 1 amide bonds. The summed E-state index contributed by atoms with van der Waals surface area (Å²) < 4.78 is 38.3. The zero-order valence-electron chi connectivity index (χ0n) is 10.5. The van der Waals surface area contributed by atoms with Crippen LogP contribution in [0.1, 0.15) is 23.2 Å². The van der Waals surface area contributed by atoms with E-state index in [-0.39, 0.29) is 37.2 Å². The van der Waals surface area contributed by atoms with Gasteiger partial charge in [0.15, 0.2) is 0 Å². The normalized spacial score (nSPS) is 17.3. The van der Waals surface area contributed by atoms with Crippen molar-refractivity contribution in [3.63, 3.8) is 0 Å². The van der Waals surface area contributed by atoms with Gasteiger partial charge in [-0.2, -0.15) is 13.2 Å². The maximum Gasteiger partial charge on any atom is 0.391 e. The van der Waals surface area contributed by atoms with Crippen molar-refractivity contribution in [3.8, 4) is 5.75 Å². The average Bonchev–Trinajstić information content (AvgIpc) is 2.40. The minimum atomic E-state index is -4.20. The van der Waals surface area contributed by atoms with Gasteiger partial charge in [0.25, 0.3) is 5.91 Å². The van der Waals surface area contributed by atoms with Gasteiger partial charge < -0.3 is 10.0 Å². The molecule has 0 spiro atoms. The van der Waals surface area contributed by atoms with Crippen LogP contribution in [0.2, 0.25) is 0 Å². The quantitative estimate of drug-likeness (QED) is 0.840. The van der Waals surface area contributed by atoms with E-state index in [4.69, 9.17) is 0 Å². The number of nitrogens with zero attached hydrogens (tertiary/aromatic N) is 1. The molecular weight excluding hydrogens is 339 g/mol. The Kier molecular flexibility index (Phi) is 4.27. The number of amides is 1. The fourth-order valence-corrected chi connectivity index (χ4v) is 2.62. The molecule has 110 valence electrons. The molecule has 1 heterocycles. The van der Waals surface area contributed by atoms with Crippen molar-refractivity contribution in [1.82, 2.24) is 4.90 Å². The Balaban J connectivity index is 2.07. The van der Waals surface area contributed by atoms with E-state index in [0.29, 0.717) is 4.47 Å². The number of hydrogen-bond acceptors (Lipinski definition) is 2. The molecule has 0 unspecified atom stereocenters. The van der Waals surface area contributed by atoms with Gasteiger partial charge in [0, 0.05) is 17.6 Å². The highest BCUT2D eigenvalue weighted by atomic mass is 79.9. The predicted octanol–water partition coefficient (Wildman–Crippen LogP) is 3.57. The van der Waals surface area contributed by atoms with Crippen molar-refractivity contribution in [2.24, 2.45) is 5.92 Å². The summed E-state index contributed by atoms with van der Waals surface area (Å²) in [5, 5.41) is 9.67. The molecule has 1 N–H and O–H groups in total. The number of likely N-dealkylation sites (tertiary alicyclic amines) is 1. The first-order valence-corrected chi connectivity index (χ1v) is 6.93. The molecule has 1 fully saturated rings. The predicted molar refractivity (Wildman–Crippen MR) is 70.5 cm³/mol. The second-order valence-corrected chi connectivity index (χ2v) is 5.69.